The summed E-state index contributed by atoms with van der Waals surface area (Å²) in [6, 6.07) is 2.16. The van der Waals surface area contributed by atoms with E-state index in [-0.39, 0.29) is 5.91 Å². The minimum Gasteiger partial charge on any atom is -0.355 e. The van der Waals surface area contributed by atoms with Gasteiger partial charge in [-0.25, -0.2) is 0 Å². The zero-order valence-electron chi connectivity index (χ0n) is 10.6. The summed E-state index contributed by atoms with van der Waals surface area (Å²) < 4.78 is 0. The van der Waals surface area contributed by atoms with Crippen LogP contribution in [0, 0.1) is 11.3 Å². The van der Waals surface area contributed by atoms with Crippen molar-refractivity contribution < 1.29 is 4.79 Å². The molecule has 96 valence electrons. The molecule has 1 N–H and O–H groups in total. The fraction of sp³-hybridized carbons (Fsp3) is 0.833. The third kappa shape index (κ3) is 5.66. The molecule has 5 nitrogen and oxygen atoms in total. The molecular weight excluding hydrogens is 216 g/mol. The van der Waals surface area contributed by atoms with E-state index in [9.17, 15) is 4.79 Å². The van der Waals surface area contributed by atoms with Crippen molar-refractivity contribution in [2.75, 3.05) is 45.8 Å². The highest BCUT2D eigenvalue weighted by Crippen LogP contribution is 2.00. The number of unbranched alkanes of at least 4 members (excludes halogenated alkanes) is 1. The highest BCUT2D eigenvalue weighted by atomic mass is 16.2. The molecule has 0 unspecified atom stereocenters. The highest BCUT2D eigenvalue weighted by Gasteiger charge is 2.18. The Kier molecular flexibility index (Phi) is 6.60. The van der Waals surface area contributed by atoms with Gasteiger partial charge in [0, 0.05) is 32.7 Å². The van der Waals surface area contributed by atoms with Crippen molar-refractivity contribution in [2.24, 2.45) is 0 Å². The third-order valence-corrected chi connectivity index (χ3v) is 2.98. The maximum absolute atomic E-state index is 11.6. The van der Waals surface area contributed by atoms with E-state index < -0.39 is 0 Å². The molecule has 0 bridgehead atoms. The Morgan fingerprint density at radius 2 is 1.94 bits per heavy atom. The van der Waals surface area contributed by atoms with Gasteiger partial charge >= 0.3 is 0 Å². The van der Waals surface area contributed by atoms with Crippen LogP contribution in [0.4, 0.5) is 0 Å². The van der Waals surface area contributed by atoms with E-state index in [1.165, 1.54) is 0 Å². The number of carbonyl (C=O) groups is 1. The second-order valence-electron chi connectivity index (χ2n) is 4.41. The molecule has 0 aromatic rings. The maximum Gasteiger partial charge on any atom is 0.234 e. The van der Waals surface area contributed by atoms with Crippen molar-refractivity contribution in [2.45, 2.75) is 19.8 Å². The van der Waals surface area contributed by atoms with Crippen LogP contribution in [0.1, 0.15) is 19.8 Å². The Labute approximate surface area is 103 Å². The van der Waals surface area contributed by atoms with Gasteiger partial charge in [0.1, 0.15) is 0 Å². The van der Waals surface area contributed by atoms with Gasteiger partial charge < -0.3 is 5.32 Å². The summed E-state index contributed by atoms with van der Waals surface area (Å²) in [5.74, 6) is 0.118. The van der Waals surface area contributed by atoms with Crippen molar-refractivity contribution in [1.29, 1.82) is 5.26 Å². The Bertz CT molecular complexity index is 266. The van der Waals surface area contributed by atoms with Gasteiger partial charge in [-0.2, -0.15) is 5.26 Å². The van der Waals surface area contributed by atoms with Gasteiger partial charge in [-0.1, -0.05) is 13.3 Å². The van der Waals surface area contributed by atoms with E-state index >= 15 is 0 Å². The standard InChI is InChI=1S/C12H22N4O/c1-2-3-5-14-12(17)11-16-9-7-15(6-4-13)8-10-16/h2-3,5-11H2,1H3,(H,14,17). The summed E-state index contributed by atoms with van der Waals surface area (Å²) in [4.78, 5) is 15.8. The number of nitrogens with one attached hydrogen (secondary N) is 1. The third-order valence-electron chi connectivity index (χ3n) is 2.98. The lowest BCUT2D eigenvalue weighted by Crippen LogP contribution is -2.49. The zero-order valence-corrected chi connectivity index (χ0v) is 10.6. The summed E-state index contributed by atoms with van der Waals surface area (Å²) >= 11 is 0. The van der Waals surface area contributed by atoms with Crippen molar-refractivity contribution in [3.63, 3.8) is 0 Å². The van der Waals surface area contributed by atoms with Crippen LogP contribution in [0.5, 0.6) is 0 Å². The fourth-order valence-electron chi connectivity index (χ4n) is 1.87. The number of rotatable bonds is 6. The van der Waals surface area contributed by atoms with Crippen LogP contribution in [0.3, 0.4) is 0 Å². The quantitative estimate of drug-likeness (QED) is 0.524. The van der Waals surface area contributed by atoms with Gasteiger partial charge in [-0.15, -0.1) is 0 Å². The number of hydrogen-bond acceptors (Lipinski definition) is 4. The average Bonchev–Trinajstić information content (AvgIpc) is 2.32. The normalized spacial score (nSPS) is 17.6. The molecule has 0 aromatic carbocycles. The van der Waals surface area contributed by atoms with Crippen LogP contribution in [-0.2, 0) is 4.79 Å². The molecule has 1 fully saturated rings. The van der Waals surface area contributed by atoms with E-state index in [0.29, 0.717) is 13.1 Å². The molecule has 1 aliphatic rings. The fourth-order valence-corrected chi connectivity index (χ4v) is 1.87. The van der Waals surface area contributed by atoms with Crippen molar-refractivity contribution in [1.82, 2.24) is 15.1 Å². The Hall–Kier alpha value is -1.12. The van der Waals surface area contributed by atoms with Gasteiger partial charge in [-0.3, -0.25) is 14.6 Å². The van der Waals surface area contributed by atoms with Crippen LogP contribution >= 0.6 is 0 Å². The lowest BCUT2D eigenvalue weighted by atomic mass is 10.3. The van der Waals surface area contributed by atoms with Crippen LogP contribution in [0.25, 0.3) is 0 Å². The van der Waals surface area contributed by atoms with Crippen molar-refractivity contribution >= 4 is 5.91 Å². The van der Waals surface area contributed by atoms with Crippen molar-refractivity contribution in [3.05, 3.63) is 0 Å². The number of nitriles is 1. The minimum absolute atomic E-state index is 0.118. The lowest BCUT2D eigenvalue weighted by Gasteiger charge is -2.32. The molecular formula is C12H22N4O. The summed E-state index contributed by atoms with van der Waals surface area (Å²) in [6.07, 6.45) is 2.15. The molecule has 0 saturated carbocycles. The summed E-state index contributed by atoms with van der Waals surface area (Å²) in [6.45, 7) is 7.41. The monoisotopic (exact) mass is 238 g/mol. The average molecular weight is 238 g/mol. The predicted octanol–water partition coefficient (Wildman–Crippen LogP) is 0.0439. The first-order valence-corrected chi connectivity index (χ1v) is 6.34. The van der Waals surface area contributed by atoms with Gasteiger partial charge in [0.05, 0.1) is 19.2 Å². The van der Waals surface area contributed by atoms with Crippen LogP contribution in [-0.4, -0.2) is 61.5 Å². The molecule has 0 aliphatic carbocycles. The minimum atomic E-state index is 0.118. The molecule has 1 heterocycles. The van der Waals surface area contributed by atoms with Crippen LogP contribution in [0.15, 0.2) is 0 Å². The number of hydrogen-bond donors (Lipinski definition) is 1. The summed E-state index contributed by atoms with van der Waals surface area (Å²) in [5, 5.41) is 11.5. The topological polar surface area (TPSA) is 59.4 Å². The molecule has 0 spiro atoms. The molecule has 1 rings (SSSR count). The van der Waals surface area contributed by atoms with Gasteiger partial charge in [0.25, 0.3) is 0 Å². The maximum atomic E-state index is 11.6. The van der Waals surface area contributed by atoms with E-state index in [1.54, 1.807) is 0 Å². The summed E-state index contributed by atoms with van der Waals surface area (Å²) in [5.41, 5.74) is 0. The smallest absolute Gasteiger partial charge is 0.234 e. The van der Waals surface area contributed by atoms with E-state index in [0.717, 1.165) is 45.6 Å². The van der Waals surface area contributed by atoms with Crippen LogP contribution < -0.4 is 5.32 Å². The zero-order chi connectivity index (χ0) is 12.5. The molecule has 5 heteroatoms. The first-order valence-electron chi connectivity index (χ1n) is 6.34. The Morgan fingerprint density at radius 3 is 2.53 bits per heavy atom. The van der Waals surface area contributed by atoms with Gasteiger partial charge in [0.2, 0.25) is 5.91 Å². The second-order valence-corrected chi connectivity index (χ2v) is 4.41. The molecule has 0 atom stereocenters. The molecule has 17 heavy (non-hydrogen) atoms. The number of piperazine rings is 1. The highest BCUT2D eigenvalue weighted by molar-refractivity contribution is 5.77. The molecule has 0 radical (unpaired) electrons. The second kappa shape index (κ2) is 8.04. The first kappa shape index (κ1) is 13.9. The predicted molar refractivity (Wildman–Crippen MR) is 66.4 cm³/mol. The SMILES string of the molecule is CCCCNC(=O)CN1CCN(CC#N)CC1. The van der Waals surface area contributed by atoms with E-state index in [2.05, 4.69) is 28.1 Å². The van der Waals surface area contributed by atoms with E-state index in [1.807, 2.05) is 0 Å². The first-order chi connectivity index (χ1) is 8.26. The Morgan fingerprint density at radius 1 is 1.29 bits per heavy atom. The van der Waals surface area contributed by atoms with Gasteiger partial charge in [0.15, 0.2) is 0 Å². The van der Waals surface area contributed by atoms with Crippen LogP contribution in [0.2, 0.25) is 0 Å². The summed E-state index contributed by atoms with van der Waals surface area (Å²) in [7, 11) is 0. The molecule has 1 saturated heterocycles. The molecule has 1 aliphatic heterocycles. The molecule has 0 aromatic heterocycles. The van der Waals surface area contributed by atoms with E-state index in [4.69, 9.17) is 5.26 Å². The largest absolute Gasteiger partial charge is 0.355 e. The van der Waals surface area contributed by atoms with Crippen molar-refractivity contribution in [3.8, 4) is 6.07 Å². The number of amides is 1. The molecule has 1 amide bonds. The van der Waals surface area contributed by atoms with Gasteiger partial charge in [-0.05, 0) is 6.42 Å². The Balaban J connectivity index is 2.13. The number of carbonyl (C=O) groups excluding carboxylic acids is 1. The lowest BCUT2D eigenvalue weighted by molar-refractivity contribution is -0.122. The number of nitrogens with zero attached hydrogens (tertiary/aromatic N) is 3.